The summed E-state index contributed by atoms with van der Waals surface area (Å²) in [6.45, 7) is 0. The molecule has 1 fully saturated rings. The molecule has 0 radical (unpaired) electrons. The molecule has 0 bridgehead atoms. The van der Waals surface area contributed by atoms with Crippen LogP contribution >= 0.6 is 31.9 Å². The summed E-state index contributed by atoms with van der Waals surface area (Å²) in [5.74, 6) is 0.672. The minimum absolute atomic E-state index is 0.161. The van der Waals surface area contributed by atoms with E-state index < -0.39 is 0 Å². The Balaban J connectivity index is 2.32. The summed E-state index contributed by atoms with van der Waals surface area (Å²) in [5, 5.41) is 0. The van der Waals surface area contributed by atoms with Gasteiger partial charge in [0.05, 0.1) is 4.47 Å². The Morgan fingerprint density at radius 3 is 2.77 bits per heavy atom. The van der Waals surface area contributed by atoms with Gasteiger partial charge in [-0.1, -0.05) is 0 Å². The van der Waals surface area contributed by atoms with Crippen LogP contribution in [0.3, 0.4) is 0 Å². The molecule has 13 heavy (non-hydrogen) atoms. The zero-order valence-corrected chi connectivity index (χ0v) is 10.2. The monoisotopic (exact) mass is 304 g/mol. The predicted octanol–water partition coefficient (Wildman–Crippen LogP) is 3.02. The molecule has 2 N–H and O–H groups in total. The average Bonchev–Trinajstić information content (AvgIpc) is 2.91. The van der Waals surface area contributed by atoms with Gasteiger partial charge >= 0.3 is 0 Å². The second-order valence-electron chi connectivity index (χ2n) is 3.37. The highest BCUT2D eigenvalue weighted by Crippen LogP contribution is 2.42. The number of hydrogen-bond donors (Lipinski definition) is 1. The maximum Gasteiger partial charge on any atom is 0.120 e. The highest BCUT2D eigenvalue weighted by atomic mass is 79.9. The third-order valence-corrected chi connectivity index (χ3v) is 4.33. The summed E-state index contributed by atoms with van der Waals surface area (Å²) in [6, 6.07) is 2.14. The van der Waals surface area contributed by atoms with Gasteiger partial charge in [0.15, 0.2) is 0 Å². The van der Waals surface area contributed by atoms with Crippen molar-refractivity contribution in [1.29, 1.82) is 0 Å². The van der Waals surface area contributed by atoms with Gasteiger partial charge < -0.3 is 5.73 Å². The molecule has 0 saturated heterocycles. The van der Waals surface area contributed by atoms with Crippen LogP contribution in [0.15, 0.2) is 21.3 Å². The van der Waals surface area contributed by atoms with Gasteiger partial charge in [-0.15, -0.1) is 0 Å². The van der Waals surface area contributed by atoms with Gasteiger partial charge in [0.25, 0.3) is 0 Å². The number of rotatable bonds is 2. The second kappa shape index (κ2) is 3.67. The van der Waals surface area contributed by atoms with Gasteiger partial charge in [-0.3, -0.25) is 0 Å². The number of nitrogens with two attached hydrogens (primary N) is 1. The van der Waals surface area contributed by atoms with Crippen LogP contribution in [0.25, 0.3) is 0 Å². The molecule has 1 aliphatic carbocycles. The summed E-state index contributed by atoms with van der Waals surface area (Å²) in [7, 11) is 0. The van der Waals surface area contributed by atoms with E-state index in [0.29, 0.717) is 5.92 Å². The highest BCUT2D eigenvalue weighted by molar-refractivity contribution is 9.13. The van der Waals surface area contributed by atoms with E-state index >= 15 is 0 Å². The number of aromatic nitrogens is 1. The van der Waals surface area contributed by atoms with E-state index in [1.807, 2.05) is 6.07 Å². The Hall–Kier alpha value is 0.0700. The van der Waals surface area contributed by atoms with Gasteiger partial charge in [-0.25, -0.2) is 4.98 Å². The first kappa shape index (κ1) is 9.62. The lowest BCUT2D eigenvalue weighted by Crippen LogP contribution is -2.13. The molecule has 2 nitrogen and oxygen atoms in total. The van der Waals surface area contributed by atoms with Gasteiger partial charge in [0, 0.05) is 12.2 Å². The summed E-state index contributed by atoms with van der Waals surface area (Å²) in [6.07, 6.45) is 4.30. The van der Waals surface area contributed by atoms with E-state index in [1.165, 1.54) is 12.8 Å². The minimum atomic E-state index is 0.161. The first-order valence-electron chi connectivity index (χ1n) is 4.25. The van der Waals surface area contributed by atoms with Crippen molar-refractivity contribution >= 4 is 31.9 Å². The normalized spacial score (nSPS) is 18.7. The van der Waals surface area contributed by atoms with Crippen molar-refractivity contribution in [3.63, 3.8) is 0 Å². The topological polar surface area (TPSA) is 38.9 Å². The first-order valence-corrected chi connectivity index (χ1v) is 5.84. The van der Waals surface area contributed by atoms with Crippen LogP contribution in [0.2, 0.25) is 0 Å². The molecule has 1 saturated carbocycles. The van der Waals surface area contributed by atoms with Crippen LogP contribution in [0, 0.1) is 5.92 Å². The SMILES string of the molecule is N[C@H](c1ccnc(Br)c1Br)C1CC1. The minimum Gasteiger partial charge on any atom is -0.324 e. The average molecular weight is 306 g/mol. The molecule has 1 heterocycles. The molecular weight excluding hydrogens is 296 g/mol. The number of nitrogens with zero attached hydrogens (tertiary/aromatic N) is 1. The van der Waals surface area contributed by atoms with Crippen LogP contribution < -0.4 is 5.73 Å². The van der Waals surface area contributed by atoms with Crippen molar-refractivity contribution in [2.24, 2.45) is 11.7 Å². The largest absolute Gasteiger partial charge is 0.324 e. The van der Waals surface area contributed by atoms with E-state index in [0.717, 1.165) is 14.6 Å². The molecule has 4 heteroatoms. The van der Waals surface area contributed by atoms with Crippen LogP contribution in [-0.4, -0.2) is 4.98 Å². The van der Waals surface area contributed by atoms with E-state index in [1.54, 1.807) is 6.20 Å². The van der Waals surface area contributed by atoms with Crippen LogP contribution in [0.5, 0.6) is 0 Å². The molecule has 0 unspecified atom stereocenters. The van der Waals surface area contributed by atoms with Gasteiger partial charge in [-0.05, 0) is 62.2 Å². The molecule has 1 aromatic rings. The van der Waals surface area contributed by atoms with Crippen LogP contribution in [-0.2, 0) is 0 Å². The second-order valence-corrected chi connectivity index (χ2v) is 4.91. The summed E-state index contributed by atoms with van der Waals surface area (Å²) >= 11 is 6.86. The van der Waals surface area contributed by atoms with E-state index in [-0.39, 0.29) is 6.04 Å². The fraction of sp³-hybridized carbons (Fsp3) is 0.444. The third-order valence-electron chi connectivity index (χ3n) is 2.37. The highest BCUT2D eigenvalue weighted by Gasteiger charge is 2.30. The number of pyridine rings is 1. The molecule has 1 aromatic heterocycles. The van der Waals surface area contributed by atoms with E-state index in [4.69, 9.17) is 5.73 Å². The first-order chi connectivity index (χ1) is 6.20. The Kier molecular flexibility index (Phi) is 2.72. The summed E-state index contributed by atoms with van der Waals surface area (Å²) in [4.78, 5) is 4.12. The Morgan fingerprint density at radius 2 is 2.15 bits per heavy atom. The van der Waals surface area contributed by atoms with Crippen LogP contribution in [0.4, 0.5) is 0 Å². The maximum absolute atomic E-state index is 6.09. The molecule has 0 aliphatic heterocycles. The van der Waals surface area contributed by atoms with Crippen molar-refractivity contribution in [1.82, 2.24) is 4.98 Å². The van der Waals surface area contributed by atoms with Crippen molar-refractivity contribution < 1.29 is 0 Å². The van der Waals surface area contributed by atoms with Gasteiger partial charge in [0.1, 0.15) is 4.60 Å². The van der Waals surface area contributed by atoms with Gasteiger partial charge in [0.2, 0.25) is 0 Å². The molecule has 0 amide bonds. The fourth-order valence-electron chi connectivity index (χ4n) is 1.40. The third kappa shape index (κ3) is 1.95. The Morgan fingerprint density at radius 1 is 1.46 bits per heavy atom. The number of halogens is 2. The molecule has 70 valence electrons. The summed E-state index contributed by atoms with van der Waals surface area (Å²) < 4.78 is 1.83. The standard InChI is InChI=1S/C9H10Br2N2/c10-7-6(3-4-13-9(7)11)8(12)5-1-2-5/h3-5,8H,1-2,12H2/t8-/m0/s1. The van der Waals surface area contributed by atoms with Gasteiger partial charge in [-0.2, -0.15) is 0 Å². The quantitative estimate of drug-likeness (QED) is 0.853. The van der Waals surface area contributed by atoms with Crippen molar-refractivity contribution in [3.8, 4) is 0 Å². The molecular formula is C9H10Br2N2. The van der Waals surface area contributed by atoms with Crippen LogP contribution in [0.1, 0.15) is 24.4 Å². The predicted molar refractivity (Wildman–Crippen MR) is 59.3 cm³/mol. The molecule has 2 rings (SSSR count). The Bertz CT molecular complexity index is 323. The molecule has 0 aromatic carbocycles. The molecule has 0 spiro atoms. The summed E-state index contributed by atoms with van der Waals surface area (Å²) in [5.41, 5.74) is 7.25. The lowest BCUT2D eigenvalue weighted by Gasteiger charge is -2.12. The van der Waals surface area contributed by atoms with Crippen molar-refractivity contribution in [3.05, 3.63) is 26.9 Å². The van der Waals surface area contributed by atoms with E-state index in [2.05, 4.69) is 36.8 Å². The molecule has 1 atom stereocenters. The number of hydrogen-bond acceptors (Lipinski definition) is 2. The van der Waals surface area contributed by atoms with Crippen molar-refractivity contribution in [2.45, 2.75) is 18.9 Å². The Labute approximate surface area is 94.2 Å². The maximum atomic E-state index is 6.09. The lowest BCUT2D eigenvalue weighted by atomic mass is 10.1. The lowest BCUT2D eigenvalue weighted by molar-refractivity contribution is 0.629. The smallest absolute Gasteiger partial charge is 0.120 e. The van der Waals surface area contributed by atoms with Crippen molar-refractivity contribution in [2.75, 3.05) is 0 Å². The van der Waals surface area contributed by atoms with E-state index in [9.17, 15) is 0 Å². The zero-order valence-electron chi connectivity index (χ0n) is 7.00. The molecule has 1 aliphatic rings. The zero-order chi connectivity index (χ0) is 9.42. The fourth-order valence-corrected chi connectivity index (χ4v) is 2.24.